The Balaban J connectivity index is 3.41. The third-order valence-electron chi connectivity index (χ3n) is 9.29. The number of rotatable bonds is 14. The Labute approximate surface area is 238 Å². The van der Waals surface area contributed by atoms with E-state index < -0.39 is 25.0 Å². The lowest BCUT2D eigenvalue weighted by molar-refractivity contribution is -0.141. The maximum Gasteiger partial charge on any atom is 0.331 e. The molecule has 0 fully saturated rings. The third-order valence-corrected chi connectivity index (χ3v) is 23.0. The third kappa shape index (κ3) is 10.1. The molecule has 38 heavy (non-hydrogen) atoms. The molecule has 0 saturated carbocycles. The average molecular weight is 585 g/mol. The van der Waals surface area contributed by atoms with Crippen LogP contribution in [-0.2, 0) is 22.8 Å². The van der Waals surface area contributed by atoms with Crippen LogP contribution in [0.4, 0.5) is 0 Å². The van der Waals surface area contributed by atoms with Crippen molar-refractivity contribution >= 4 is 30.9 Å². The molecule has 1 heterocycles. The molecule has 0 spiro atoms. The first-order valence-corrected chi connectivity index (χ1v) is 23.2. The Bertz CT molecular complexity index is 795. The van der Waals surface area contributed by atoms with Crippen LogP contribution in [0.3, 0.4) is 0 Å². The van der Waals surface area contributed by atoms with Gasteiger partial charge in [-0.2, -0.15) is 0 Å². The van der Waals surface area contributed by atoms with E-state index in [9.17, 15) is 4.79 Å². The molecular weight excluding hydrogens is 525 g/mol. The molecule has 8 heteroatoms. The number of ether oxygens (including phenoxy) is 1. The minimum atomic E-state index is -2.08. The summed E-state index contributed by atoms with van der Waals surface area (Å²) in [6.45, 7) is 32.0. The fourth-order valence-corrected chi connectivity index (χ4v) is 9.88. The van der Waals surface area contributed by atoms with Crippen molar-refractivity contribution in [2.75, 3.05) is 0 Å². The van der Waals surface area contributed by atoms with Gasteiger partial charge in [0.05, 0.1) is 18.3 Å². The molecule has 222 valence electrons. The molecule has 0 aromatic heterocycles. The monoisotopic (exact) mass is 584 g/mol. The van der Waals surface area contributed by atoms with Crippen molar-refractivity contribution in [3.05, 3.63) is 24.3 Å². The maximum absolute atomic E-state index is 11.8. The lowest BCUT2D eigenvalue weighted by Gasteiger charge is -2.44. The molecule has 1 aliphatic rings. The Morgan fingerprint density at radius 3 is 1.87 bits per heavy atom. The van der Waals surface area contributed by atoms with Gasteiger partial charge in [0.25, 0.3) is 0 Å². The van der Waals surface area contributed by atoms with Crippen molar-refractivity contribution < 1.29 is 22.8 Å². The molecule has 5 nitrogen and oxygen atoms in total. The average Bonchev–Trinajstić information content (AvgIpc) is 2.78. The standard InChI is InChI=1S/C30H60O5Si3/c1-15-38(16-2,17-3)35-27(24(4)33-36(11,12)29(5,6)7)23-26(34-37(13,14)30(8,9)10)22-21-25-19-18-20-28(31)32-25/h18,20-22,24-27H,15-17,19,23H2,1-14H3/b22-21-/t24-,25-,26+,27+/m0/s1. The fourth-order valence-electron chi connectivity index (χ4n) is 4.22. The van der Waals surface area contributed by atoms with Crippen molar-refractivity contribution in [1.29, 1.82) is 0 Å². The van der Waals surface area contributed by atoms with Crippen LogP contribution < -0.4 is 0 Å². The molecule has 1 rings (SSSR count). The summed E-state index contributed by atoms with van der Waals surface area (Å²) in [7, 11) is -5.98. The van der Waals surface area contributed by atoms with Gasteiger partial charge in [0.2, 0.25) is 0 Å². The SMILES string of the molecule is CC[Si](CC)(CC)O[C@H](C[C@@H](/C=C\[C@@H]1CC=CC(=O)O1)O[Si](C)(C)C(C)(C)C)[C@H](C)O[Si](C)(C)C(C)(C)C. The number of esters is 1. The van der Waals surface area contributed by atoms with E-state index in [0.29, 0.717) is 6.42 Å². The Hall–Kier alpha value is -0.519. The summed E-state index contributed by atoms with van der Waals surface area (Å²) >= 11 is 0. The number of hydrogen-bond acceptors (Lipinski definition) is 5. The zero-order chi connectivity index (χ0) is 29.6. The van der Waals surface area contributed by atoms with Gasteiger partial charge >= 0.3 is 5.97 Å². The highest BCUT2D eigenvalue weighted by Crippen LogP contribution is 2.40. The first-order chi connectivity index (χ1) is 17.2. The number of cyclic esters (lactones) is 1. The van der Waals surface area contributed by atoms with Gasteiger partial charge in [-0.3, -0.25) is 0 Å². The van der Waals surface area contributed by atoms with Gasteiger partial charge in [0.15, 0.2) is 25.0 Å². The van der Waals surface area contributed by atoms with Gasteiger partial charge in [-0.25, -0.2) is 4.79 Å². The van der Waals surface area contributed by atoms with Crippen LogP contribution in [-0.4, -0.2) is 55.3 Å². The highest BCUT2D eigenvalue weighted by atomic mass is 28.4. The number of hydrogen-bond donors (Lipinski definition) is 0. The molecule has 0 radical (unpaired) electrons. The van der Waals surface area contributed by atoms with E-state index in [1.54, 1.807) is 0 Å². The summed E-state index contributed by atoms with van der Waals surface area (Å²) in [4.78, 5) is 11.8. The second-order valence-electron chi connectivity index (χ2n) is 14.1. The van der Waals surface area contributed by atoms with E-state index in [1.807, 2.05) is 12.2 Å². The van der Waals surface area contributed by atoms with Crippen molar-refractivity contribution in [2.24, 2.45) is 0 Å². The predicted molar refractivity (Wildman–Crippen MR) is 169 cm³/mol. The van der Waals surface area contributed by atoms with Gasteiger partial charge in [-0.1, -0.05) is 74.5 Å². The van der Waals surface area contributed by atoms with Crippen molar-refractivity contribution in [3.8, 4) is 0 Å². The second-order valence-corrected chi connectivity index (χ2v) is 28.4. The van der Waals surface area contributed by atoms with E-state index in [4.69, 9.17) is 18.0 Å². The van der Waals surface area contributed by atoms with Gasteiger partial charge in [0, 0.05) is 18.9 Å². The van der Waals surface area contributed by atoms with Gasteiger partial charge in [0.1, 0.15) is 6.10 Å². The lowest BCUT2D eigenvalue weighted by atomic mass is 10.1. The highest BCUT2D eigenvalue weighted by Gasteiger charge is 2.43. The molecule has 0 amide bonds. The molecule has 0 saturated heterocycles. The van der Waals surface area contributed by atoms with Crippen LogP contribution in [0, 0.1) is 0 Å². The van der Waals surface area contributed by atoms with E-state index in [2.05, 4.69) is 102 Å². The topological polar surface area (TPSA) is 54.0 Å². The molecule has 0 aliphatic carbocycles. The zero-order valence-electron chi connectivity index (χ0n) is 27.2. The predicted octanol–water partition coefficient (Wildman–Crippen LogP) is 9.00. The van der Waals surface area contributed by atoms with E-state index in [1.165, 1.54) is 6.08 Å². The largest absolute Gasteiger partial charge is 0.455 e. The van der Waals surface area contributed by atoms with E-state index in [-0.39, 0.29) is 40.5 Å². The Morgan fingerprint density at radius 1 is 0.921 bits per heavy atom. The number of carbonyl (C=O) groups is 1. The minimum absolute atomic E-state index is 0.0400. The summed E-state index contributed by atoms with van der Waals surface area (Å²) in [5.41, 5.74) is 0. The summed E-state index contributed by atoms with van der Waals surface area (Å²) in [5, 5.41) is 0.198. The number of carbonyl (C=O) groups excluding carboxylic acids is 1. The Kier molecular flexibility index (Phi) is 13.0. The van der Waals surface area contributed by atoms with Gasteiger partial charge in [-0.05, 0) is 67.4 Å². The smallest absolute Gasteiger partial charge is 0.331 e. The Morgan fingerprint density at radius 2 is 1.42 bits per heavy atom. The summed E-state index contributed by atoms with van der Waals surface area (Å²) < 4.78 is 26.6. The molecular formula is C30H60O5Si3. The van der Waals surface area contributed by atoms with Crippen LogP contribution in [0.5, 0.6) is 0 Å². The maximum atomic E-state index is 11.8. The van der Waals surface area contributed by atoms with Gasteiger partial charge in [-0.15, -0.1) is 0 Å². The van der Waals surface area contributed by atoms with Crippen LogP contribution in [0.2, 0.25) is 54.4 Å². The van der Waals surface area contributed by atoms with Crippen molar-refractivity contribution in [2.45, 2.75) is 161 Å². The van der Waals surface area contributed by atoms with Gasteiger partial charge < -0.3 is 18.0 Å². The van der Waals surface area contributed by atoms with Crippen molar-refractivity contribution in [1.82, 2.24) is 0 Å². The fraction of sp³-hybridized carbons (Fsp3) is 0.833. The minimum Gasteiger partial charge on any atom is -0.455 e. The molecule has 0 bridgehead atoms. The first kappa shape index (κ1) is 35.5. The summed E-state index contributed by atoms with van der Waals surface area (Å²) in [6.07, 6.45) is 8.44. The van der Waals surface area contributed by atoms with Crippen LogP contribution in [0.25, 0.3) is 0 Å². The summed E-state index contributed by atoms with van der Waals surface area (Å²) in [6, 6.07) is 3.28. The molecule has 0 aromatic carbocycles. The van der Waals surface area contributed by atoms with Crippen LogP contribution in [0.1, 0.15) is 82.1 Å². The molecule has 0 N–H and O–H groups in total. The quantitative estimate of drug-likeness (QED) is 0.116. The first-order valence-electron chi connectivity index (χ1n) is 14.8. The molecule has 4 atom stereocenters. The highest BCUT2D eigenvalue weighted by molar-refractivity contribution is 6.75. The lowest BCUT2D eigenvalue weighted by Crippen LogP contribution is -2.51. The van der Waals surface area contributed by atoms with E-state index in [0.717, 1.165) is 24.6 Å². The molecule has 0 aromatic rings. The molecule has 0 unspecified atom stereocenters. The molecule has 1 aliphatic heterocycles. The zero-order valence-corrected chi connectivity index (χ0v) is 30.2. The second kappa shape index (κ2) is 13.9. The van der Waals surface area contributed by atoms with E-state index >= 15 is 0 Å². The van der Waals surface area contributed by atoms with Crippen LogP contribution >= 0.6 is 0 Å². The summed E-state index contributed by atoms with van der Waals surface area (Å²) in [5.74, 6) is -0.282. The van der Waals surface area contributed by atoms with Crippen molar-refractivity contribution in [3.63, 3.8) is 0 Å². The van der Waals surface area contributed by atoms with Crippen LogP contribution in [0.15, 0.2) is 24.3 Å². The normalized spacial score (nSPS) is 20.5.